The Hall–Kier alpha value is -0.800. The van der Waals surface area contributed by atoms with E-state index in [2.05, 4.69) is 31.0 Å². The van der Waals surface area contributed by atoms with Crippen molar-refractivity contribution >= 4 is 17.4 Å². The molecule has 0 bridgehead atoms. The number of aromatic nitrogens is 1. The van der Waals surface area contributed by atoms with E-state index in [-0.39, 0.29) is 0 Å². The fraction of sp³-hybridized carbons (Fsp3) is 0.667. The number of piperidine rings is 1. The molecule has 4 heteroatoms. The third-order valence-corrected chi connectivity index (χ3v) is 4.02. The molecule has 2 heterocycles. The predicted octanol–water partition coefficient (Wildman–Crippen LogP) is 3.61. The molecule has 1 aliphatic rings. The number of nitrogens with zero attached hydrogens (tertiary/aromatic N) is 2. The highest BCUT2D eigenvalue weighted by Crippen LogP contribution is 2.25. The Morgan fingerprint density at radius 3 is 2.89 bits per heavy atom. The molecule has 0 amide bonds. The first-order valence-corrected chi connectivity index (χ1v) is 7.61. The van der Waals surface area contributed by atoms with E-state index in [0.29, 0.717) is 12.1 Å². The first kappa shape index (κ1) is 14.6. The molecule has 1 aliphatic heterocycles. The molecule has 0 saturated carbocycles. The van der Waals surface area contributed by atoms with E-state index < -0.39 is 0 Å². The summed E-state index contributed by atoms with van der Waals surface area (Å²) >= 11 is 6.23. The second-order valence-electron chi connectivity index (χ2n) is 5.67. The first-order valence-electron chi connectivity index (χ1n) is 7.23. The summed E-state index contributed by atoms with van der Waals surface area (Å²) in [4.78, 5) is 7.15. The highest BCUT2D eigenvalue weighted by molar-refractivity contribution is 6.31. The van der Waals surface area contributed by atoms with Gasteiger partial charge in [-0.15, -0.1) is 0 Å². The minimum atomic E-state index is 0.440. The monoisotopic (exact) mass is 281 g/mol. The quantitative estimate of drug-likeness (QED) is 0.914. The zero-order chi connectivity index (χ0) is 13.8. The van der Waals surface area contributed by atoms with Crippen LogP contribution in [-0.2, 0) is 6.54 Å². The van der Waals surface area contributed by atoms with Crippen LogP contribution in [0.15, 0.2) is 12.1 Å². The lowest BCUT2D eigenvalue weighted by atomic mass is 10.0. The molecule has 19 heavy (non-hydrogen) atoms. The summed E-state index contributed by atoms with van der Waals surface area (Å²) in [5.41, 5.74) is 0.950. The fourth-order valence-corrected chi connectivity index (χ4v) is 2.67. The molecule has 1 saturated heterocycles. The Labute approximate surface area is 121 Å². The Bertz CT molecular complexity index is 420. The number of anilines is 1. The van der Waals surface area contributed by atoms with Crippen LogP contribution in [0.3, 0.4) is 0 Å². The van der Waals surface area contributed by atoms with Crippen molar-refractivity contribution in [3.8, 4) is 0 Å². The van der Waals surface area contributed by atoms with Gasteiger partial charge in [-0.3, -0.25) is 0 Å². The minimum absolute atomic E-state index is 0.440. The van der Waals surface area contributed by atoms with Gasteiger partial charge in [0, 0.05) is 25.2 Å². The first-order chi connectivity index (χ1) is 9.08. The van der Waals surface area contributed by atoms with Crippen molar-refractivity contribution in [3.63, 3.8) is 0 Å². The van der Waals surface area contributed by atoms with Gasteiger partial charge in [0.15, 0.2) is 0 Å². The van der Waals surface area contributed by atoms with Gasteiger partial charge in [-0.25, -0.2) is 4.98 Å². The van der Waals surface area contributed by atoms with Crippen molar-refractivity contribution in [2.45, 2.75) is 58.7 Å². The Morgan fingerprint density at radius 1 is 1.42 bits per heavy atom. The molecule has 0 radical (unpaired) electrons. The number of rotatable bonds is 4. The average molecular weight is 282 g/mol. The lowest BCUT2D eigenvalue weighted by Crippen LogP contribution is -2.38. The zero-order valence-electron chi connectivity index (χ0n) is 12.1. The molecular weight excluding hydrogens is 258 g/mol. The molecule has 2 rings (SSSR count). The summed E-state index contributed by atoms with van der Waals surface area (Å²) in [7, 11) is 0. The van der Waals surface area contributed by atoms with Gasteiger partial charge >= 0.3 is 0 Å². The summed E-state index contributed by atoms with van der Waals surface area (Å²) in [6.45, 7) is 8.37. The van der Waals surface area contributed by atoms with Crippen molar-refractivity contribution in [2.75, 3.05) is 11.4 Å². The van der Waals surface area contributed by atoms with Crippen molar-refractivity contribution < 1.29 is 0 Å². The molecule has 1 fully saturated rings. The maximum atomic E-state index is 6.23. The van der Waals surface area contributed by atoms with Gasteiger partial charge in [0.05, 0.1) is 10.7 Å². The second-order valence-corrected chi connectivity index (χ2v) is 6.08. The van der Waals surface area contributed by atoms with Gasteiger partial charge in [0.25, 0.3) is 0 Å². The SMILES string of the molecule is CC(C)NCc1nc(N2CCCCC2C)ccc1Cl. The standard InChI is InChI=1S/C15H24ClN3/c1-11(2)17-10-14-13(16)7-8-15(18-14)19-9-5-4-6-12(19)3/h7-8,11-12,17H,4-6,9-10H2,1-3H3. The average Bonchev–Trinajstić information content (AvgIpc) is 2.38. The predicted molar refractivity (Wildman–Crippen MR) is 81.9 cm³/mol. The van der Waals surface area contributed by atoms with Crippen molar-refractivity contribution in [3.05, 3.63) is 22.8 Å². The van der Waals surface area contributed by atoms with Crippen molar-refractivity contribution in [2.24, 2.45) is 0 Å². The highest BCUT2D eigenvalue weighted by atomic mass is 35.5. The summed E-state index contributed by atoms with van der Waals surface area (Å²) in [5, 5.41) is 4.13. The third kappa shape index (κ3) is 3.83. The van der Waals surface area contributed by atoms with Crippen LogP contribution in [0.25, 0.3) is 0 Å². The van der Waals surface area contributed by atoms with Gasteiger partial charge in [-0.2, -0.15) is 0 Å². The van der Waals surface area contributed by atoms with Crippen molar-refractivity contribution in [1.29, 1.82) is 0 Å². The molecule has 1 aromatic rings. The van der Waals surface area contributed by atoms with Gasteiger partial charge < -0.3 is 10.2 Å². The lowest BCUT2D eigenvalue weighted by Gasteiger charge is -2.34. The minimum Gasteiger partial charge on any atom is -0.354 e. The Morgan fingerprint density at radius 2 is 2.21 bits per heavy atom. The highest BCUT2D eigenvalue weighted by Gasteiger charge is 2.20. The van der Waals surface area contributed by atoms with Gasteiger partial charge in [0.1, 0.15) is 5.82 Å². The fourth-order valence-electron chi connectivity index (χ4n) is 2.50. The molecule has 0 spiro atoms. The van der Waals surface area contributed by atoms with Crippen LogP contribution >= 0.6 is 11.6 Å². The van der Waals surface area contributed by atoms with Crippen LogP contribution in [0.2, 0.25) is 5.02 Å². The molecule has 1 unspecified atom stereocenters. The van der Waals surface area contributed by atoms with Gasteiger partial charge in [-0.1, -0.05) is 25.4 Å². The lowest BCUT2D eigenvalue weighted by molar-refractivity contribution is 0.480. The Kier molecular flexibility index (Phi) is 5.06. The Balaban J connectivity index is 2.15. The smallest absolute Gasteiger partial charge is 0.129 e. The van der Waals surface area contributed by atoms with Crippen LogP contribution < -0.4 is 10.2 Å². The van der Waals surface area contributed by atoms with E-state index in [1.165, 1.54) is 19.3 Å². The molecule has 106 valence electrons. The number of nitrogens with one attached hydrogen (secondary N) is 1. The van der Waals surface area contributed by atoms with Gasteiger partial charge in [0.2, 0.25) is 0 Å². The number of hydrogen-bond donors (Lipinski definition) is 1. The third-order valence-electron chi connectivity index (χ3n) is 3.68. The zero-order valence-corrected chi connectivity index (χ0v) is 12.9. The van der Waals surface area contributed by atoms with E-state index in [1.54, 1.807) is 0 Å². The number of halogens is 1. The van der Waals surface area contributed by atoms with E-state index >= 15 is 0 Å². The normalized spacial score (nSPS) is 20.1. The molecule has 0 aliphatic carbocycles. The maximum absolute atomic E-state index is 6.23. The van der Waals surface area contributed by atoms with Crippen LogP contribution in [0.5, 0.6) is 0 Å². The van der Waals surface area contributed by atoms with E-state index in [1.807, 2.05) is 12.1 Å². The van der Waals surface area contributed by atoms with E-state index in [4.69, 9.17) is 16.6 Å². The molecular formula is C15H24ClN3. The van der Waals surface area contributed by atoms with Crippen LogP contribution in [-0.4, -0.2) is 23.6 Å². The van der Waals surface area contributed by atoms with Crippen molar-refractivity contribution in [1.82, 2.24) is 10.3 Å². The summed E-state index contributed by atoms with van der Waals surface area (Å²) < 4.78 is 0. The van der Waals surface area contributed by atoms with Gasteiger partial charge in [-0.05, 0) is 38.3 Å². The molecule has 1 N–H and O–H groups in total. The van der Waals surface area contributed by atoms with Crippen LogP contribution in [0.4, 0.5) is 5.82 Å². The topological polar surface area (TPSA) is 28.2 Å². The van der Waals surface area contributed by atoms with Crippen LogP contribution in [0.1, 0.15) is 45.7 Å². The van der Waals surface area contributed by atoms with E-state index in [9.17, 15) is 0 Å². The molecule has 1 atom stereocenters. The summed E-state index contributed by atoms with van der Waals surface area (Å²) in [5.74, 6) is 1.07. The number of pyridine rings is 1. The summed E-state index contributed by atoms with van der Waals surface area (Å²) in [6, 6.07) is 5.04. The second kappa shape index (κ2) is 6.58. The molecule has 1 aromatic heterocycles. The molecule has 3 nitrogen and oxygen atoms in total. The van der Waals surface area contributed by atoms with E-state index in [0.717, 1.165) is 29.6 Å². The largest absolute Gasteiger partial charge is 0.354 e. The number of hydrogen-bond acceptors (Lipinski definition) is 3. The maximum Gasteiger partial charge on any atom is 0.129 e. The van der Waals surface area contributed by atoms with Crippen LogP contribution in [0, 0.1) is 0 Å². The molecule has 0 aromatic carbocycles. The summed E-state index contributed by atoms with van der Waals surface area (Å²) in [6.07, 6.45) is 3.84.